The minimum absolute atomic E-state index is 0.275. The zero-order valence-electron chi connectivity index (χ0n) is 11.7. The van der Waals surface area contributed by atoms with Gasteiger partial charge in [-0.05, 0) is 25.7 Å². The lowest BCUT2D eigenvalue weighted by molar-refractivity contribution is -0.137. The number of carboxylic acid groups (broad SMARTS) is 1. The van der Waals surface area contributed by atoms with Crippen LogP contribution in [-0.2, 0) is 11.3 Å². The van der Waals surface area contributed by atoms with Crippen LogP contribution in [0.3, 0.4) is 0 Å². The Bertz CT molecular complexity index is 521. The van der Waals surface area contributed by atoms with Crippen molar-refractivity contribution in [2.45, 2.75) is 51.6 Å². The predicted molar refractivity (Wildman–Crippen MR) is 75.8 cm³/mol. The minimum Gasteiger partial charge on any atom is -0.480 e. The van der Waals surface area contributed by atoms with Gasteiger partial charge in [-0.25, -0.2) is 4.98 Å². The van der Waals surface area contributed by atoms with Gasteiger partial charge in [-0.2, -0.15) is 0 Å². The molecule has 0 saturated heterocycles. The van der Waals surface area contributed by atoms with Crippen molar-refractivity contribution in [2.24, 2.45) is 5.92 Å². The van der Waals surface area contributed by atoms with Gasteiger partial charge < -0.3 is 10.4 Å². The maximum Gasteiger partial charge on any atom is 0.323 e. The number of nitrogens with one attached hydrogen (secondary N) is 1. The summed E-state index contributed by atoms with van der Waals surface area (Å²) in [6.07, 6.45) is 7.56. The summed E-state index contributed by atoms with van der Waals surface area (Å²) in [4.78, 5) is 26.5. The number of aromatic nitrogens is 2. The largest absolute Gasteiger partial charge is 0.480 e. The van der Waals surface area contributed by atoms with Crippen molar-refractivity contribution in [2.75, 3.05) is 5.32 Å². The Balaban J connectivity index is 2.00. The van der Waals surface area contributed by atoms with Crippen molar-refractivity contribution in [1.82, 2.24) is 9.55 Å². The topological polar surface area (TPSA) is 84.2 Å². The number of hydrogen-bond donors (Lipinski definition) is 2. The van der Waals surface area contributed by atoms with Crippen molar-refractivity contribution in [1.29, 1.82) is 0 Å². The molecule has 0 radical (unpaired) electrons. The molecule has 6 nitrogen and oxygen atoms in total. The molecule has 0 spiro atoms. The van der Waals surface area contributed by atoms with E-state index in [0.717, 1.165) is 4.57 Å². The van der Waals surface area contributed by atoms with Crippen molar-refractivity contribution in [3.8, 4) is 0 Å². The second-order valence-electron chi connectivity index (χ2n) is 5.47. The molecule has 1 aromatic rings. The molecule has 110 valence electrons. The van der Waals surface area contributed by atoms with E-state index in [1.54, 1.807) is 0 Å². The second-order valence-corrected chi connectivity index (χ2v) is 5.47. The van der Waals surface area contributed by atoms with Gasteiger partial charge in [0, 0.05) is 12.1 Å². The van der Waals surface area contributed by atoms with Gasteiger partial charge in [-0.15, -0.1) is 0 Å². The van der Waals surface area contributed by atoms with Crippen LogP contribution in [0.15, 0.2) is 17.2 Å². The SMILES string of the molecule is CC(Nc1cc(=O)n(CC(=O)O)cn1)C1CCCCC1. The lowest BCUT2D eigenvalue weighted by atomic mass is 9.84. The van der Waals surface area contributed by atoms with E-state index >= 15 is 0 Å². The van der Waals surface area contributed by atoms with E-state index in [-0.39, 0.29) is 18.1 Å². The Kier molecular flexibility index (Phi) is 4.76. The number of aliphatic carboxylic acids is 1. The molecular formula is C14H21N3O3. The Labute approximate surface area is 117 Å². The molecule has 6 heteroatoms. The summed E-state index contributed by atoms with van der Waals surface area (Å²) in [5.41, 5.74) is -0.347. The summed E-state index contributed by atoms with van der Waals surface area (Å²) in [6, 6.07) is 1.64. The van der Waals surface area contributed by atoms with E-state index < -0.39 is 5.97 Å². The van der Waals surface area contributed by atoms with Crippen LogP contribution in [0.25, 0.3) is 0 Å². The van der Waals surface area contributed by atoms with E-state index in [4.69, 9.17) is 5.11 Å². The summed E-state index contributed by atoms with van der Waals surface area (Å²) in [5.74, 6) is 0.0897. The molecule has 1 heterocycles. The lowest BCUT2D eigenvalue weighted by Gasteiger charge is -2.28. The summed E-state index contributed by atoms with van der Waals surface area (Å²) in [5, 5.41) is 11.9. The first-order valence-electron chi connectivity index (χ1n) is 7.11. The van der Waals surface area contributed by atoms with Gasteiger partial charge in [0.1, 0.15) is 18.7 Å². The van der Waals surface area contributed by atoms with Gasteiger partial charge in [-0.3, -0.25) is 14.2 Å². The molecule has 1 aromatic heterocycles. The number of rotatable bonds is 5. The maximum absolute atomic E-state index is 11.8. The highest BCUT2D eigenvalue weighted by atomic mass is 16.4. The van der Waals surface area contributed by atoms with E-state index in [0.29, 0.717) is 11.7 Å². The summed E-state index contributed by atoms with van der Waals surface area (Å²) < 4.78 is 1.08. The molecule has 0 bridgehead atoms. The second kappa shape index (κ2) is 6.54. The first kappa shape index (κ1) is 14.6. The van der Waals surface area contributed by atoms with Crippen LogP contribution >= 0.6 is 0 Å². The molecule has 1 aliphatic carbocycles. The third kappa shape index (κ3) is 3.82. The summed E-state index contributed by atoms with van der Waals surface area (Å²) in [6.45, 7) is 1.75. The summed E-state index contributed by atoms with van der Waals surface area (Å²) >= 11 is 0. The van der Waals surface area contributed by atoms with Gasteiger partial charge in [-0.1, -0.05) is 19.3 Å². The molecule has 1 unspecified atom stereocenters. The average Bonchev–Trinajstić information content (AvgIpc) is 2.42. The molecule has 1 saturated carbocycles. The number of carboxylic acids is 1. The summed E-state index contributed by atoms with van der Waals surface area (Å²) in [7, 11) is 0. The minimum atomic E-state index is -1.05. The number of hydrogen-bond acceptors (Lipinski definition) is 4. The predicted octanol–water partition coefficient (Wildman–Crippen LogP) is 1.71. The van der Waals surface area contributed by atoms with Gasteiger partial charge in [0.2, 0.25) is 0 Å². The molecule has 1 aliphatic rings. The van der Waals surface area contributed by atoms with Crippen LogP contribution in [0.4, 0.5) is 5.82 Å². The van der Waals surface area contributed by atoms with E-state index in [2.05, 4.69) is 17.2 Å². The molecule has 0 aliphatic heterocycles. The van der Waals surface area contributed by atoms with E-state index in [1.165, 1.54) is 44.5 Å². The van der Waals surface area contributed by atoms with Crippen LogP contribution in [0.2, 0.25) is 0 Å². The molecule has 0 aromatic carbocycles. The number of nitrogens with zero attached hydrogens (tertiary/aromatic N) is 2. The molecule has 2 rings (SSSR count). The van der Waals surface area contributed by atoms with Crippen molar-refractivity contribution in [3.63, 3.8) is 0 Å². The fourth-order valence-electron chi connectivity index (χ4n) is 2.75. The van der Waals surface area contributed by atoms with Gasteiger partial charge in [0.15, 0.2) is 0 Å². The Morgan fingerprint density at radius 1 is 1.50 bits per heavy atom. The van der Waals surface area contributed by atoms with Crippen molar-refractivity contribution < 1.29 is 9.90 Å². The zero-order valence-corrected chi connectivity index (χ0v) is 11.7. The molecule has 2 N–H and O–H groups in total. The standard InChI is InChI=1S/C14H21N3O3/c1-10(11-5-3-2-4-6-11)16-12-7-13(18)17(9-15-12)8-14(19)20/h7,9-11,16H,2-6,8H2,1H3,(H,19,20). The fraction of sp³-hybridized carbons (Fsp3) is 0.643. The Morgan fingerprint density at radius 2 is 2.20 bits per heavy atom. The normalized spacial score (nSPS) is 17.6. The van der Waals surface area contributed by atoms with E-state index in [9.17, 15) is 9.59 Å². The van der Waals surface area contributed by atoms with E-state index in [1.807, 2.05) is 0 Å². The maximum atomic E-state index is 11.8. The highest BCUT2D eigenvalue weighted by Crippen LogP contribution is 2.27. The highest BCUT2D eigenvalue weighted by molar-refractivity contribution is 5.66. The number of anilines is 1. The monoisotopic (exact) mass is 279 g/mol. The number of carbonyl (C=O) groups is 1. The first-order valence-corrected chi connectivity index (χ1v) is 7.11. The van der Waals surface area contributed by atoms with Crippen LogP contribution in [0.1, 0.15) is 39.0 Å². The van der Waals surface area contributed by atoms with Gasteiger partial charge in [0.05, 0.1) is 0 Å². The van der Waals surface area contributed by atoms with Crippen LogP contribution in [0.5, 0.6) is 0 Å². The quantitative estimate of drug-likeness (QED) is 0.857. The van der Waals surface area contributed by atoms with Crippen LogP contribution < -0.4 is 10.9 Å². The Morgan fingerprint density at radius 3 is 2.80 bits per heavy atom. The fourth-order valence-corrected chi connectivity index (χ4v) is 2.75. The van der Waals surface area contributed by atoms with Gasteiger partial charge in [0.25, 0.3) is 5.56 Å². The third-order valence-corrected chi connectivity index (χ3v) is 3.92. The molecule has 1 atom stereocenters. The smallest absolute Gasteiger partial charge is 0.323 e. The van der Waals surface area contributed by atoms with Crippen LogP contribution in [0, 0.1) is 5.92 Å². The lowest BCUT2D eigenvalue weighted by Crippen LogP contribution is -2.30. The van der Waals surface area contributed by atoms with Crippen molar-refractivity contribution in [3.05, 3.63) is 22.7 Å². The first-order chi connectivity index (χ1) is 9.56. The Hall–Kier alpha value is -1.85. The zero-order chi connectivity index (χ0) is 14.5. The molecule has 20 heavy (non-hydrogen) atoms. The van der Waals surface area contributed by atoms with Gasteiger partial charge >= 0.3 is 5.97 Å². The van der Waals surface area contributed by atoms with Crippen molar-refractivity contribution >= 4 is 11.8 Å². The average molecular weight is 279 g/mol. The molecule has 0 amide bonds. The molecular weight excluding hydrogens is 258 g/mol. The van der Waals surface area contributed by atoms with Crippen LogP contribution in [-0.4, -0.2) is 26.7 Å². The third-order valence-electron chi connectivity index (χ3n) is 3.92. The molecule has 1 fully saturated rings. The highest BCUT2D eigenvalue weighted by Gasteiger charge is 2.20.